The van der Waals surface area contributed by atoms with Crippen LogP contribution >= 0.6 is 12.2 Å². The van der Waals surface area contributed by atoms with E-state index in [1.165, 1.54) is 18.4 Å². The van der Waals surface area contributed by atoms with Gasteiger partial charge in [-0.2, -0.15) is 0 Å². The summed E-state index contributed by atoms with van der Waals surface area (Å²) in [5, 5.41) is 0. The first-order valence-corrected chi connectivity index (χ1v) is 7.56. The maximum Gasteiger partial charge on any atom is 0.256 e. The first-order chi connectivity index (χ1) is 9.70. The summed E-state index contributed by atoms with van der Waals surface area (Å²) >= 11 is 5.17. The maximum absolute atomic E-state index is 12.5. The molecule has 20 heavy (non-hydrogen) atoms. The Hall–Kier alpha value is -1.68. The summed E-state index contributed by atoms with van der Waals surface area (Å²) in [5.41, 5.74) is 4.36. The van der Waals surface area contributed by atoms with Gasteiger partial charge in [0.2, 0.25) is 0 Å². The average Bonchev–Trinajstić information content (AvgIpc) is 2.87. The molecular weight excluding hydrogens is 268 g/mol. The van der Waals surface area contributed by atoms with E-state index in [2.05, 4.69) is 28.2 Å². The number of fused-ring (bicyclic) bond motifs is 4. The van der Waals surface area contributed by atoms with Crippen molar-refractivity contribution in [3.63, 3.8) is 0 Å². The van der Waals surface area contributed by atoms with Crippen molar-refractivity contribution in [3.8, 4) is 11.3 Å². The average molecular weight is 284 g/mol. The molecule has 2 aliphatic rings. The summed E-state index contributed by atoms with van der Waals surface area (Å²) in [5.74, 6) is 0. The molecule has 1 aromatic heterocycles. The lowest BCUT2D eigenvalue weighted by Crippen LogP contribution is -2.37. The number of benzene rings is 1. The highest BCUT2D eigenvalue weighted by Crippen LogP contribution is 2.49. The number of hydrogen-bond acceptors (Lipinski definition) is 2. The van der Waals surface area contributed by atoms with Gasteiger partial charge in [-0.1, -0.05) is 37.1 Å². The van der Waals surface area contributed by atoms with Gasteiger partial charge in [-0.25, -0.2) is 0 Å². The lowest BCUT2D eigenvalue weighted by molar-refractivity contribution is 0.426. The lowest BCUT2D eigenvalue weighted by atomic mass is 9.68. The molecule has 0 unspecified atom stereocenters. The Kier molecular flexibility index (Phi) is 2.51. The second-order valence-corrected chi connectivity index (χ2v) is 6.39. The van der Waals surface area contributed by atoms with Crippen LogP contribution in [0.3, 0.4) is 0 Å². The fraction of sp³-hybridized carbons (Fsp3) is 0.375. The molecule has 0 bridgehead atoms. The smallest absolute Gasteiger partial charge is 0.256 e. The summed E-state index contributed by atoms with van der Waals surface area (Å²) in [4.78, 5) is 18.5. The van der Waals surface area contributed by atoms with Crippen molar-refractivity contribution in [1.82, 2.24) is 9.97 Å². The number of H-pyrrole nitrogens is 2. The quantitative estimate of drug-likeness (QED) is 0.728. The standard InChI is InChI=1S/C16H16N2OS/c19-14-12-13(17-15(20)18-14)11-6-2-1-5-10(11)9-16(12)7-3-4-8-16/h1-2,5-6H,3-4,7-9H2,(H2,17,18,19,20). The van der Waals surface area contributed by atoms with Gasteiger partial charge >= 0.3 is 0 Å². The third-order valence-electron chi connectivity index (χ3n) is 4.85. The third kappa shape index (κ3) is 1.57. The molecular formula is C16H16N2OS. The Morgan fingerprint density at radius 3 is 2.65 bits per heavy atom. The summed E-state index contributed by atoms with van der Waals surface area (Å²) in [7, 11) is 0. The van der Waals surface area contributed by atoms with Gasteiger partial charge in [-0.15, -0.1) is 0 Å². The summed E-state index contributed by atoms with van der Waals surface area (Å²) in [6, 6.07) is 8.36. The molecule has 4 rings (SSSR count). The molecule has 1 aromatic carbocycles. The molecule has 0 saturated heterocycles. The predicted molar refractivity (Wildman–Crippen MR) is 81.5 cm³/mol. The van der Waals surface area contributed by atoms with Gasteiger partial charge in [0.1, 0.15) is 0 Å². The molecule has 2 aliphatic carbocycles. The van der Waals surface area contributed by atoms with E-state index in [0.29, 0.717) is 4.77 Å². The van der Waals surface area contributed by atoms with E-state index < -0.39 is 0 Å². The number of aromatic nitrogens is 2. The van der Waals surface area contributed by atoms with Crippen molar-refractivity contribution in [2.24, 2.45) is 0 Å². The van der Waals surface area contributed by atoms with E-state index in [1.807, 2.05) is 6.07 Å². The number of aromatic amines is 2. The minimum Gasteiger partial charge on any atom is -0.331 e. The van der Waals surface area contributed by atoms with E-state index in [0.717, 1.165) is 36.1 Å². The van der Waals surface area contributed by atoms with Gasteiger partial charge in [-0.05, 0) is 37.0 Å². The van der Waals surface area contributed by atoms with Crippen LogP contribution in [0.5, 0.6) is 0 Å². The van der Waals surface area contributed by atoms with Crippen LogP contribution in [0.1, 0.15) is 36.8 Å². The fourth-order valence-corrected chi connectivity index (χ4v) is 4.24. The van der Waals surface area contributed by atoms with Crippen LogP contribution in [0, 0.1) is 4.77 Å². The van der Waals surface area contributed by atoms with E-state index in [9.17, 15) is 4.79 Å². The van der Waals surface area contributed by atoms with Crippen molar-refractivity contribution in [2.45, 2.75) is 37.5 Å². The zero-order valence-corrected chi connectivity index (χ0v) is 12.0. The van der Waals surface area contributed by atoms with Crippen molar-refractivity contribution in [1.29, 1.82) is 0 Å². The van der Waals surface area contributed by atoms with Gasteiger partial charge in [0.15, 0.2) is 4.77 Å². The Morgan fingerprint density at radius 1 is 1.10 bits per heavy atom. The van der Waals surface area contributed by atoms with Gasteiger partial charge in [0.25, 0.3) is 5.56 Å². The Balaban J connectivity index is 2.11. The lowest BCUT2D eigenvalue weighted by Gasteiger charge is -2.35. The normalized spacial score (nSPS) is 18.8. The molecule has 2 aromatic rings. The molecule has 1 saturated carbocycles. The number of rotatable bonds is 0. The van der Waals surface area contributed by atoms with Crippen molar-refractivity contribution < 1.29 is 0 Å². The van der Waals surface area contributed by atoms with E-state index in [1.54, 1.807) is 0 Å². The van der Waals surface area contributed by atoms with Gasteiger partial charge < -0.3 is 4.98 Å². The van der Waals surface area contributed by atoms with Crippen LogP contribution < -0.4 is 5.56 Å². The van der Waals surface area contributed by atoms with Gasteiger partial charge in [-0.3, -0.25) is 9.78 Å². The second kappa shape index (κ2) is 4.16. The predicted octanol–water partition coefficient (Wildman–Crippen LogP) is 3.47. The van der Waals surface area contributed by atoms with Crippen LogP contribution in [0.4, 0.5) is 0 Å². The fourth-order valence-electron chi connectivity index (χ4n) is 4.04. The Bertz CT molecular complexity index is 797. The van der Waals surface area contributed by atoms with Crippen LogP contribution in [0.2, 0.25) is 0 Å². The van der Waals surface area contributed by atoms with Crippen LogP contribution in [-0.4, -0.2) is 9.97 Å². The Morgan fingerprint density at radius 2 is 1.85 bits per heavy atom. The molecule has 1 fully saturated rings. The molecule has 1 heterocycles. The van der Waals surface area contributed by atoms with E-state index >= 15 is 0 Å². The minimum atomic E-state index is 0.000142. The SMILES string of the molecule is O=c1[nH]c(=S)[nH]c2c1C1(CCCC1)Cc1ccccc1-2. The van der Waals surface area contributed by atoms with Crippen molar-refractivity contribution in [2.75, 3.05) is 0 Å². The minimum absolute atomic E-state index is 0.000142. The molecule has 3 nitrogen and oxygen atoms in total. The molecule has 2 N–H and O–H groups in total. The topological polar surface area (TPSA) is 48.6 Å². The molecule has 1 spiro atoms. The van der Waals surface area contributed by atoms with E-state index in [4.69, 9.17) is 12.2 Å². The summed E-state index contributed by atoms with van der Waals surface area (Å²) < 4.78 is 0.415. The number of hydrogen-bond donors (Lipinski definition) is 2. The van der Waals surface area contributed by atoms with Crippen LogP contribution in [-0.2, 0) is 11.8 Å². The molecule has 4 heteroatoms. The first-order valence-electron chi connectivity index (χ1n) is 7.15. The molecule has 0 aliphatic heterocycles. The highest BCUT2D eigenvalue weighted by molar-refractivity contribution is 7.71. The number of nitrogens with one attached hydrogen (secondary N) is 2. The van der Waals surface area contributed by atoms with Crippen molar-refractivity contribution >= 4 is 12.2 Å². The van der Waals surface area contributed by atoms with E-state index in [-0.39, 0.29) is 11.0 Å². The highest BCUT2D eigenvalue weighted by atomic mass is 32.1. The maximum atomic E-state index is 12.5. The molecule has 0 amide bonds. The van der Waals surface area contributed by atoms with Crippen molar-refractivity contribution in [3.05, 3.63) is 50.5 Å². The largest absolute Gasteiger partial charge is 0.331 e. The summed E-state index contributed by atoms with van der Waals surface area (Å²) in [6.45, 7) is 0. The molecule has 0 radical (unpaired) electrons. The monoisotopic (exact) mass is 284 g/mol. The first kappa shape index (κ1) is 12.1. The molecule has 102 valence electrons. The van der Waals surface area contributed by atoms with Gasteiger partial charge in [0.05, 0.1) is 5.69 Å². The van der Waals surface area contributed by atoms with Gasteiger partial charge in [0, 0.05) is 16.5 Å². The van der Waals surface area contributed by atoms with Crippen LogP contribution in [0.25, 0.3) is 11.3 Å². The second-order valence-electron chi connectivity index (χ2n) is 5.98. The molecule has 0 atom stereocenters. The third-order valence-corrected chi connectivity index (χ3v) is 5.05. The highest BCUT2D eigenvalue weighted by Gasteiger charge is 2.43. The zero-order valence-electron chi connectivity index (χ0n) is 11.2. The Labute approximate surface area is 122 Å². The summed E-state index contributed by atoms with van der Waals surface area (Å²) in [6.07, 6.45) is 5.58. The zero-order chi connectivity index (χ0) is 13.7. The van der Waals surface area contributed by atoms with Crippen LogP contribution in [0.15, 0.2) is 29.1 Å².